The van der Waals surface area contributed by atoms with E-state index in [0.29, 0.717) is 67.5 Å². The maximum Gasteiger partial charge on any atom is 0.328 e. The summed E-state index contributed by atoms with van der Waals surface area (Å²) >= 11 is 0. The number of aryl methyl sites for hydroxylation is 1. The number of aromatic amines is 1. The molecule has 0 radical (unpaired) electrons. The number of nitrogens with zero attached hydrogens (tertiary/aromatic N) is 8. The number of H-pyrrole nitrogens is 1. The van der Waals surface area contributed by atoms with Gasteiger partial charge >= 0.3 is 17.8 Å². The van der Waals surface area contributed by atoms with Crippen LogP contribution in [0, 0.1) is 12.8 Å². The summed E-state index contributed by atoms with van der Waals surface area (Å²) in [7, 11) is 0. The quantitative estimate of drug-likeness (QED) is 0.122. The van der Waals surface area contributed by atoms with Crippen LogP contribution in [0.3, 0.4) is 0 Å². The van der Waals surface area contributed by atoms with Crippen LogP contribution in [0.2, 0.25) is 0 Å². The zero-order valence-electron chi connectivity index (χ0n) is 36.9. The first-order valence-electron chi connectivity index (χ1n) is 22.2. The van der Waals surface area contributed by atoms with Crippen LogP contribution in [0.4, 0.5) is 20.6 Å². The molecule has 1 atom stereocenters. The molecule has 0 unspecified atom stereocenters. The molecule has 4 aromatic heterocycles. The molecule has 9 rings (SSSR count). The van der Waals surface area contributed by atoms with Crippen molar-refractivity contribution in [3.05, 3.63) is 101 Å². The monoisotopic (exact) mass is 867 g/mol. The Morgan fingerprint density at radius 2 is 1.69 bits per heavy atom. The van der Waals surface area contributed by atoms with E-state index in [2.05, 4.69) is 64.0 Å². The number of rotatable bonds is 10. The molecule has 3 saturated heterocycles. The molecule has 0 bridgehead atoms. The highest BCUT2D eigenvalue weighted by molar-refractivity contribution is 6.05. The van der Waals surface area contributed by atoms with Crippen molar-refractivity contribution in [1.82, 2.24) is 45.8 Å². The van der Waals surface area contributed by atoms with Gasteiger partial charge in [0.2, 0.25) is 5.91 Å². The fourth-order valence-corrected chi connectivity index (χ4v) is 9.13. The van der Waals surface area contributed by atoms with Crippen LogP contribution < -0.4 is 20.4 Å². The smallest absolute Gasteiger partial charge is 0.328 e. The van der Waals surface area contributed by atoms with Gasteiger partial charge in [-0.25, -0.2) is 14.2 Å². The average molecular weight is 868 g/mol. The number of piperidine rings is 2. The first-order chi connectivity index (χ1) is 30.7. The molecule has 4 amide bonds. The molecular weight excluding hydrogens is 814 g/mol. The number of halogens is 1. The number of hydrogen-bond acceptors (Lipinski definition) is 11. The molecule has 16 heteroatoms. The molecule has 332 valence electrons. The second kappa shape index (κ2) is 17.2. The normalized spacial score (nSPS) is 18.0. The van der Waals surface area contributed by atoms with Crippen LogP contribution in [0.1, 0.15) is 99.0 Å². The maximum absolute atomic E-state index is 16.5. The largest absolute Gasteiger partial charge is 0.372 e. The second-order valence-corrected chi connectivity index (χ2v) is 18.5. The van der Waals surface area contributed by atoms with Gasteiger partial charge in [-0.05, 0) is 99.0 Å². The molecule has 2 aromatic carbocycles. The number of benzene rings is 2. The molecule has 0 saturated carbocycles. The highest BCUT2D eigenvalue weighted by Crippen LogP contribution is 2.39. The lowest BCUT2D eigenvalue weighted by Crippen LogP contribution is -2.49. The standard InChI is InChI=1S/C48H54FN11O4/c1-29-24-32(6-12-37(29)30(2)52-43(62)44-54-45(57-64-44)47(3,4)5)41-38-25-33(26-51-42(38)56-55-41)39-13-7-34(27-50-39)48(49)17-22-58(23-18-48)28-31-14-19-59(20-15-31)35-8-10-36(11-9-35)60-21-16-40(61)53-46(60)63/h6-13,24-27,30-31H,14-23,28H2,1-5H3,(H,52,62)(H,51,55,56)(H,53,61,63)/t30-/m1/s1. The molecule has 6 aromatic rings. The van der Waals surface area contributed by atoms with E-state index < -0.39 is 11.6 Å². The van der Waals surface area contributed by atoms with Gasteiger partial charge in [0.05, 0.1) is 17.4 Å². The minimum atomic E-state index is -1.44. The van der Waals surface area contributed by atoms with Crippen molar-refractivity contribution in [1.29, 1.82) is 0 Å². The number of urea groups is 1. The minimum Gasteiger partial charge on any atom is -0.372 e. The van der Waals surface area contributed by atoms with E-state index in [1.165, 1.54) is 0 Å². The van der Waals surface area contributed by atoms with Gasteiger partial charge in [0, 0.05) is 96.9 Å². The van der Waals surface area contributed by atoms with Crippen LogP contribution in [0.25, 0.3) is 33.5 Å². The van der Waals surface area contributed by atoms with Gasteiger partial charge < -0.3 is 19.6 Å². The summed E-state index contributed by atoms with van der Waals surface area (Å²) < 4.78 is 21.8. The summed E-state index contributed by atoms with van der Waals surface area (Å²) in [4.78, 5) is 56.8. The third-order valence-electron chi connectivity index (χ3n) is 13.0. The van der Waals surface area contributed by atoms with E-state index >= 15 is 4.39 Å². The summed E-state index contributed by atoms with van der Waals surface area (Å²) in [6.45, 7) is 14.4. The Hall–Kier alpha value is -6.55. The topological polar surface area (TPSA) is 178 Å². The van der Waals surface area contributed by atoms with E-state index in [1.54, 1.807) is 17.3 Å². The van der Waals surface area contributed by atoms with E-state index in [9.17, 15) is 14.4 Å². The van der Waals surface area contributed by atoms with E-state index in [4.69, 9.17) is 9.51 Å². The fraction of sp³-hybridized carbons (Fsp3) is 0.417. The summed E-state index contributed by atoms with van der Waals surface area (Å²) in [5.41, 5.74) is 6.48. The zero-order valence-corrected chi connectivity index (χ0v) is 36.9. The van der Waals surface area contributed by atoms with Crippen LogP contribution >= 0.6 is 0 Å². The fourth-order valence-electron chi connectivity index (χ4n) is 9.13. The van der Waals surface area contributed by atoms with Crippen molar-refractivity contribution in [2.24, 2.45) is 5.92 Å². The number of imide groups is 1. The lowest BCUT2D eigenvalue weighted by Gasteiger charge is -2.40. The summed E-state index contributed by atoms with van der Waals surface area (Å²) in [5.74, 6) is 0.291. The molecule has 0 aliphatic carbocycles. The summed E-state index contributed by atoms with van der Waals surface area (Å²) in [6.07, 6.45) is 6.71. The second-order valence-electron chi connectivity index (χ2n) is 18.5. The molecular formula is C48H54FN11O4. The molecule has 64 heavy (non-hydrogen) atoms. The number of likely N-dealkylation sites (tertiary alicyclic amines) is 1. The van der Waals surface area contributed by atoms with Gasteiger partial charge in [-0.1, -0.05) is 44.1 Å². The summed E-state index contributed by atoms with van der Waals surface area (Å²) in [5, 5.41) is 17.8. The maximum atomic E-state index is 16.5. The van der Waals surface area contributed by atoms with Gasteiger partial charge in [0.25, 0.3) is 0 Å². The van der Waals surface area contributed by atoms with Gasteiger partial charge in [-0.2, -0.15) is 10.1 Å². The van der Waals surface area contributed by atoms with Gasteiger partial charge in [0.1, 0.15) is 5.67 Å². The third-order valence-corrected chi connectivity index (χ3v) is 13.0. The lowest BCUT2D eigenvalue weighted by atomic mass is 9.86. The number of amides is 4. The predicted molar refractivity (Wildman–Crippen MR) is 242 cm³/mol. The minimum absolute atomic E-state index is 0.0669. The van der Waals surface area contributed by atoms with E-state index in [1.807, 2.05) is 77.1 Å². The third kappa shape index (κ3) is 8.83. The molecule has 15 nitrogen and oxygen atoms in total. The Kier molecular flexibility index (Phi) is 11.5. The Labute approximate surface area is 371 Å². The Balaban J connectivity index is 0.782. The number of hydrogen-bond donors (Lipinski definition) is 3. The van der Waals surface area contributed by atoms with Crippen molar-refractivity contribution < 1.29 is 23.3 Å². The first kappa shape index (κ1) is 42.7. The van der Waals surface area contributed by atoms with E-state index in [-0.39, 0.29) is 29.3 Å². The number of fused-ring (bicyclic) bond motifs is 1. The van der Waals surface area contributed by atoms with Crippen LogP contribution in [-0.4, -0.2) is 92.3 Å². The molecule has 3 aliphatic heterocycles. The van der Waals surface area contributed by atoms with Crippen molar-refractivity contribution in [3.8, 4) is 22.5 Å². The SMILES string of the molecule is Cc1cc(-c2[nH]nc3ncc(-c4ccc(C5(F)CCN(CC6CCN(c7ccc(N8CCC(=O)NC8=O)cc7)CC6)CC5)cn4)cc23)ccc1[C@@H](C)NC(=O)c1nc(C(C)(C)C)no1. The lowest BCUT2D eigenvalue weighted by molar-refractivity contribution is -0.120. The number of nitrogens with one attached hydrogen (secondary N) is 3. The number of alkyl halides is 1. The van der Waals surface area contributed by atoms with Crippen molar-refractivity contribution in [2.45, 2.75) is 83.8 Å². The number of carbonyl (C=O) groups is 3. The summed E-state index contributed by atoms with van der Waals surface area (Å²) in [6, 6.07) is 19.1. The molecule has 3 aliphatic rings. The average Bonchev–Trinajstić information content (AvgIpc) is 3.97. The number of carbonyl (C=O) groups excluding carboxylic acids is 3. The molecule has 7 heterocycles. The predicted octanol–water partition coefficient (Wildman–Crippen LogP) is 7.79. The molecule has 3 fully saturated rings. The van der Waals surface area contributed by atoms with Crippen LogP contribution in [0.15, 0.2) is 77.6 Å². The Bertz CT molecular complexity index is 2670. The number of anilines is 2. The Morgan fingerprint density at radius 1 is 0.938 bits per heavy atom. The van der Waals surface area contributed by atoms with Gasteiger partial charge in [-0.15, -0.1) is 0 Å². The van der Waals surface area contributed by atoms with Crippen LogP contribution in [0.5, 0.6) is 0 Å². The first-order valence-corrected chi connectivity index (χ1v) is 22.2. The number of pyridine rings is 2. The van der Waals surface area contributed by atoms with Crippen molar-refractivity contribution in [3.63, 3.8) is 0 Å². The number of aromatic nitrogens is 6. The van der Waals surface area contributed by atoms with E-state index in [0.717, 1.165) is 77.2 Å². The molecule has 3 N–H and O–H groups in total. The van der Waals surface area contributed by atoms with Crippen LogP contribution in [-0.2, 0) is 15.9 Å². The van der Waals surface area contributed by atoms with Crippen molar-refractivity contribution in [2.75, 3.05) is 49.1 Å². The highest BCUT2D eigenvalue weighted by atomic mass is 19.1. The molecule has 0 spiro atoms. The zero-order chi connectivity index (χ0) is 44.8. The van der Waals surface area contributed by atoms with Crippen molar-refractivity contribution >= 4 is 40.3 Å². The van der Waals surface area contributed by atoms with Gasteiger partial charge in [-0.3, -0.25) is 29.9 Å². The highest BCUT2D eigenvalue weighted by Gasteiger charge is 2.37. The van der Waals surface area contributed by atoms with Gasteiger partial charge in [0.15, 0.2) is 11.5 Å². The Morgan fingerprint density at radius 3 is 2.36 bits per heavy atom.